The predicted molar refractivity (Wildman–Crippen MR) is 118 cm³/mol. The van der Waals surface area contributed by atoms with E-state index in [0.29, 0.717) is 11.9 Å². The lowest BCUT2D eigenvalue weighted by Gasteiger charge is -2.36. The first-order valence-corrected chi connectivity index (χ1v) is 10.6. The number of benzene rings is 2. The number of piperazine rings is 1. The van der Waals surface area contributed by atoms with Crippen molar-refractivity contribution >= 4 is 37.3 Å². The Bertz CT molecular complexity index is 1220. The van der Waals surface area contributed by atoms with Crippen LogP contribution in [0.2, 0.25) is 0 Å². The van der Waals surface area contributed by atoms with Gasteiger partial charge in [-0.05, 0) is 18.2 Å². The van der Waals surface area contributed by atoms with Crippen molar-refractivity contribution in [2.75, 3.05) is 38.2 Å². The number of H-pyrrole nitrogens is 1. The number of nitrogens with zero attached hydrogens (tertiary/aromatic N) is 3. The molecule has 2 aromatic carbocycles. The van der Waals surface area contributed by atoms with Gasteiger partial charge in [0.15, 0.2) is 0 Å². The van der Waals surface area contributed by atoms with Gasteiger partial charge in [0.05, 0.1) is 24.7 Å². The van der Waals surface area contributed by atoms with Gasteiger partial charge in [-0.3, -0.25) is 9.69 Å². The Balaban J connectivity index is 1.33. The number of anilines is 1. The van der Waals surface area contributed by atoms with E-state index in [0.717, 1.165) is 58.4 Å². The van der Waals surface area contributed by atoms with E-state index in [9.17, 15) is 4.79 Å². The molecule has 6 nitrogen and oxygen atoms in total. The summed E-state index contributed by atoms with van der Waals surface area (Å²) in [7, 11) is 1.71. The SMILES string of the molecule is COc1ccccc1N1CCN(Cc2nc3sc4ccccc4c3c(=O)[nH]2)CC1. The molecule has 0 atom stereocenters. The predicted octanol–water partition coefficient (Wildman–Crippen LogP) is 3.47. The zero-order chi connectivity index (χ0) is 19.8. The highest BCUT2D eigenvalue weighted by atomic mass is 32.1. The minimum atomic E-state index is -0.0462. The molecule has 0 bridgehead atoms. The first kappa shape index (κ1) is 18.1. The zero-order valence-corrected chi connectivity index (χ0v) is 17.0. The Morgan fingerprint density at radius 2 is 1.83 bits per heavy atom. The Kier molecular flexibility index (Phi) is 4.69. The van der Waals surface area contributed by atoms with Crippen LogP contribution in [-0.4, -0.2) is 48.2 Å². The molecule has 0 aliphatic carbocycles. The third-order valence-corrected chi connectivity index (χ3v) is 6.53. The third-order valence-electron chi connectivity index (χ3n) is 5.47. The van der Waals surface area contributed by atoms with Crippen molar-refractivity contribution in [2.45, 2.75) is 6.54 Å². The molecule has 1 fully saturated rings. The van der Waals surface area contributed by atoms with Crippen molar-refractivity contribution in [3.8, 4) is 5.75 Å². The molecule has 148 valence electrons. The highest BCUT2D eigenvalue weighted by Gasteiger charge is 2.21. The van der Waals surface area contributed by atoms with Crippen LogP contribution in [0.25, 0.3) is 20.3 Å². The number of nitrogens with one attached hydrogen (secondary N) is 1. The fourth-order valence-corrected chi connectivity index (χ4v) is 5.09. The monoisotopic (exact) mass is 406 g/mol. The minimum Gasteiger partial charge on any atom is -0.495 e. The number of thiophene rings is 1. The average Bonchev–Trinajstić information content (AvgIpc) is 3.13. The summed E-state index contributed by atoms with van der Waals surface area (Å²) in [6.07, 6.45) is 0. The summed E-state index contributed by atoms with van der Waals surface area (Å²) < 4.78 is 6.60. The number of rotatable bonds is 4. The van der Waals surface area contributed by atoms with E-state index in [4.69, 9.17) is 9.72 Å². The van der Waals surface area contributed by atoms with E-state index in [2.05, 4.69) is 20.9 Å². The largest absolute Gasteiger partial charge is 0.495 e. The molecular weight excluding hydrogens is 384 g/mol. The summed E-state index contributed by atoms with van der Waals surface area (Å²) in [4.78, 5) is 26.0. The molecule has 1 saturated heterocycles. The summed E-state index contributed by atoms with van der Waals surface area (Å²) in [5.41, 5.74) is 1.09. The number of fused-ring (bicyclic) bond motifs is 3. The number of aromatic amines is 1. The van der Waals surface area contributed by atoms with E-state index in [1.54, 1.807) is 18.4 Å². The summed E-state index contributed by atoms with van der Waals surface area (Å²) in [5, 5.41) is 1.69. The van der Waals surface area contributed by atoms with Crippen molar-refractivity contribution < 1.29 is 4.74 Å². The van der Waals surface area contributed by atoms with Crippen molar-refractivity contribution in [1.82, 2.24) is 14.9 Å². The van der Waals surface area contributed by atoms with Crippen LogP contribution in [-0.2, 0) is 6.54 Å². The molecule has 3 heterocycles. The first-order chi connectivity index (χ1) is 14.2. The van der Waals surface area contributed by atoms with Gasteiger partial charge in [-0.25, -0.2) is 4.98 Å². The lowest BCUT2D eigenvalue weighted by Crippen LogP contribution is -2.46. The van der Waals surface area contributed by atoms with Crippen LogP contribution in [0, 0.1) is 0 Å². The summed E-state index contributed by atoms with van der Waals surface area (Å²) in [5.74, 6) is 1.64. The summed E-state index contributed by atoms with van der Waals surface area (Å²) in [6, 6.07) is 16.1. The van der Waals surface area contributed by atoms with Crippen LogP contribution >= 0.6 is 11.3 Å². The molecule has 4 aromatic rings. The Labute approximate surface area is 172 Å². The Hall–Kier alpha value is -2.90. The van der Waals surface area contributed by atoms with Crippen LogP contribution in [0.3, 0.4) is 0 Å². The highest BCUT2D eigenvalue weighted by Crippen LogP contribution is 2.30. The quantitative estimate of drug-likeness (QED) is 0.562. The van der Waals surface area contributed by atoms with Crippen molar-refractivity contribution in [3.05, 3.63) is 64.7 Å². The molecule has 1 aliphatic heterocycles. The maximum Gasteiger partial charge on any atom is 0.260 e. The van der Waals surface area contributed by atoms with E-state index >= 15 is 0 Å². The topological polar surface area (TPSA) is 61.5 Å². The first-order valence-electron chi connectivity index (χ1n) is 9.73. The Morgan fingerprint density at radius 1 is 1.07 bits per heavy atom. The van der Waals surface area contributed by atoms with Crippen LogP contribution in [0.5, 0.6) is 5.75 Å². The second kappa shape index (κ2) is 7.50. The Morgan fingerprint density at radius 3 is 2.66 bits per heavy atom. The van der Waals surface area contributed by atoms with Crippen LogP contribution in [0.4, 0.5) is 5.69 Å². The molecular formula is C22H22N4O2S. The fraction of sp³-hybridized carbons (Fsp3) is 0.273. The van der Waals surface area contributed by atoms with Gasteiger partial charge in [-0.15, -0.1) is 11.3 Å². The number of para-hydroxylation sites is 2. The summed E-state index contributed by atoms with van der Waals surface area (Å²) in [6.45, 7) is 4.29. The number of methoxy groups -OCH3 is 1. The lowest BCUT2D eigenvalue weighted by atomic mass is 10.2. The van der Waals surface area contributed by atoms with E-state index in [-0.39, 0.29) is 5.56 Å². The average molecular weight is 407 g/mol. The highest BCUT2D eigenvalue weighted by molar-refractivity contribution is 7.25. The number of hydrogen-bond acceptors (Lipinski definition) is 6. The van der Waals surface area contributed by atoms with Gasteiger partial charge in [0, 0.05) is 36.3 Å². The van der Waals surface area contributed by atoms with E-state index in [1.807, 2.05) is 42.5 Å². The standard InChI is InChI=1S/C22H22N4O2S/c1-28-17-8-4-3-7-16(17)26-12-10-25(11-13-26)14-19-23-21(27)20-15-6-2-5-9-18(15)29-22(20)24-19/h2-9H,10-14H2,1H3,(H,23,24,27). The normalized spacial score (nSPS) is 15.3. The van der Waals surface area contributed by atoms with E-state index < -0.39 is 0 Å². The summed E-state index contributed by atoms with van der Waals surface area (Å²) >= 11 is 1.58. The second-order valence-electron chi connectivity index (χ2n) is 7.23. The molecule has 5 rings (SSSR count). The molecule has 29 heavy (non-hydrogen) atoms. The van der Waals surface area contributed by atoms with Crippen LogP contribution in [0.15, 0.2) is 53.3 Å². The molecule has 1 N–H and O–H groups in total. The van der Waals surface area contributed by atoms with Gasteiger partial charge in [0.25, 0.3) is 5.56 Å². The van der Waals surface area contributed by atoms with Gasteiger partial charge < -0.3 is 14.6 Å². The fourth-order valence-electron chi connectivity index (χ4n) is 4.00. The van der Waals surface area contributed by atoms with Crippen LogP contribution < -0.4 is 15.2 Å². The van der Waals surface area contributed by atoms with Crippen molar-refractivity contribution in [2.24, 2.45) is 0 Å². The molecule has 1 aliphatic rings. The van der Waals surface area contributed by atoms with Gasteiger partial charge in [0.1, 0.15) is 16.4 Å². The molecule has 0 spiro atoms. The third kappa shape index (κ3) is 3.36. The zero-order valence-electron chi connectivity index (χ0n) is 16.2. The molecule has 0 amide bonds. The van der Waals surface area contributed by atoms with Gasteiger partial charge in [-0.2, -0.15) is 0 Å². The molecule has 0 unspecified atom stereocenters. The second-order valence-corrected chi connectivity index (χ2v) is 8.26. The maximum atomic E-state index is 12.7. The number of ether oxygens (including phenoxy) is 1. The molecule has 0 radical (unpaired) electrons. The van der Waals surface area contributed by atoms with Gasteiger partial charge in [0.2, 0.25) is 0 Å². The van der Waals surface area contributed by atoms with Gasteiger partial charge >= 0.3 is 0 Å². The maximum absolute atomic E-state index is 12.7. The van der Waals surface area contributed by atoms with Crippen molar-refractivity contribution in [3.63, 3.8) is 0 Å². The smallest absolute Gasteiger partial charge is 0.260 e. The number of aromatic nitrogens is 2. The molecule has 7 heteroatoms. The van der Waals surface area contributed by atoms with Crippen molar-refractivity contribution in [1.29, 1.82) is 0 Å². The number of hydrogen-bond donors (Lipinski definition) is 1. The lowest BCUT2D eigenvalue weighted by molar-refractivity contribution is 0.243. The van der Waals surface area contributed by atoms with E-state index in [1.165, 1.54) is 0 Å². The van der Waals surface area contributed by atoms with Crippen LogP contribution in [0.1, 0.15) is 5.82 Å². The molecule has 0 saturated carbocycles. The minimum absolute atomic E-state index is 0.0462. The van der Waals surface area contributed by atoms with Gasteiger partial charge in [-0.1, -0.05) is 30.3 Å². The molecule has 2 aromatic heterocycles.